The van der Waals surface area contributed by atoms with Crippen molar-refractivity contribution in [3.8, 4) is 0 Å². The van der Waals surface area contributed by atoms with Crippen LogP contribution in [0.4, 0.5) is 0 Å². The Labute approximate surface area is 59.3 Å². The average molecular weight is 134 g/mol. The maximum atomic E-state index is 3.20. The SMILES string of the molecule is Cc1c[nH]c2c(C)c[nH]c12. The zero-order valence-corrected chi connectivity index (χ0v) is 6.15. The van der Waals surface area contributed by atoms with Crippen molar-refractivity contribution in [1.82, 2.24) is 9.97 Å². The number of hydrogen-bond acceptors (Lipinski definition) is 0. The van der Waals surface area contributed by atoms with Crippen molar-refractivity contribution < 1.29 is 0 Å². The number of aryl methyl sites for hydroxylation is 2. The largest absolute Gasteiger partial charge is 0.359 e. The maximum Gasteiger partial charge on any atom is 0.0666 e. The van der Waals surface area contributed by atoms with E-state index in [9.17, 15) is 0 Å². The third kappa shape index (κ3) is 0.533. The molecule has 0 aliphatic rings. The van der Waals surface area contributed by atoms with Crippen LogP contribution in [0.3, 0.4) is 0 Å². The summed E-state index contributed by atoms with van der Waals surface area (Å²) in [7, 11) is 0. The number of fused-ring (bicyclic) bond motifs is 1. The van der Waals surface area contributed by atoms with Gasteiger partial charge in [0.2, 0.25) is 0 Å². The minimum Gasteiger partial charge on any atom is -0.359 e. The van der Waals surface area contributed by atoms with E-state index >= 15 is 0 Å². The molecule has 2 rings (SSSR count). The Morgan fingerprint density at radius 1 is 0.900 bits per heavy atom. The Morgan fingerprint density at radius 3 is 1.70 bits per heavy atom. The summed E-state index contributed by atoms with van der Waals surface area (Å²) >= 11 is 0. The zero-order chi connectivity index (χ0) is 7.14. The second-order valence-corrected chi connectivity index (χ2v) is 2.69. The van der Waals surface area contributed by atoms with Gasteiger partial charge in [0.25, 0.3) is 0 Å². The van der Waals surface area contributed by atoms with Gasteiger partial charge in [-0.05, 0) is 25.0 Å². The van der Waals surface area contributed by atoms with Crippen LogP contribution in [0.15, 0.2) is 12.4 Å². The van der Waals surface area contributed by atoms with E-state index in [2.05, 4.69) is 23.8 Å². The van der Waals surface area contributed by atoms with Crippen LogP contribution in [0.1, 0.15) is 11.1 Å². The van der Waals surface area contributed by atoms with Gasteiger partial charge in [-0.3, -0.25) is 0 Å². The minimum absolute atomic E-state index is 1.23. The van der Waals surface area contributed by atoms with Gasteiger partial charge in [0.15, 0.2) is 0 Å². The first-order valence-corrected chi connectivity index (χ1v) is 3.40. The summed E-state index contributed by atoms with van der Waals surface area (Å²) < 4.78 is 0. The highest BCUT2D eigenvalue weighted by molar-refractivity contribution is 5.82. The lowest BCUT2D eigenvalue weighted by Gasteiger charge is -1.78. The number of aromatic nitrogens is 2. The van der Waals surface area contributed by atoms with E-state index in [0.29, 0.717) is 0 Å². The predicted octanol–water partition coefficient (Wildman–Crippen LogP) is 2.11. The highest BCUT2D eigenvalue weighted by Gasteiger charge is 2.01. The molecule has 0 bridgehead atoms. The number of rotatable bonds is 0. The fourth-order valence-corrected chi connectivity index (χ4v) is 1.27. The topological polar surface area (TPSA) is 31.6 Å². The summed E-state index contributed by atoms with van der Waals surface area (Å²) in [5.74, 6) is 0. The molecule has 0 unspecified atom stereocenters. The molecule has 0 aliphatic carbocycles. The van der Waals surface area contributed by atoms with Crippen LogP contribution in [-0.4, -0.2) is 9.97 Å². The van der Waals surface area contributed by atoms with Gasteiger partial charge in [-0.2, -0.15) is 0 Å². The Hall–Kier alpha value is -1.18. The molecular weight excluding hydrogens is 124 g/mol. The van der Waals surface area contributed by atoms with Crippen molar-refractivity contribution in [3.05, 3.63) is 23.5 Å². The van der Waals surface area contributed by atoms with Crippen molar-refractivity contribution in [2.45, 2.75) is 13.8 Å². The quantitative estimate of drug-likeness (QED) is 0.553. The molecule has 2 aromatic rings. The highest BCUT2D eigenvalue weighted by atomic mass is 14.8. The standard InChI is InChI=1S/C8H10N2/c1-5-3-9-8-6(2)4-10-7(5)8/h3-4,9-10H,1-2H3. The summed E-state index contributed by atoms with van der Waals surface area (Å²) in [6.07, 6.45) is 4.04. The van der Waals surface area contributed by atoms with Crippen LogP contribution in [0, 0.1) is 13.8 Å². The van der Waals surface area contributed by atoms with E-state index < -0.39 is 0 Å². The van der Waals surface area contributed by atoms with Crippen LogP contribution < -0.4 is 0 Å². The van der Waals surface area contributed by atoms with Gasteiger partial charge in [-0.1, -0.05) is 0 Å². The molecule has 0 amide bonds. The lowest BCUT2D eigenvalue weighted by molar-refractivity contribution is 1.35. The first-order valence-electron chi connectivity index (χ1n) is 3.40. The summed E-state index contributed by atoms with van der Waals surface area (Å²) in [6, 6.07) is 0. The molecule has 10 heavy (non-hydrogen) atoms. The van der Waals surface area contributed by atoms with E-state index in [4.69, 9.17) is 0 Å². The van der Waals surface area contributed by atoms with Gasteiger partial charge in [-0.15, -0.1) is 0 Å². The third-order valence-electron chi connectivity index (χ3n) is 1.90. The molecule has 52 valence electrons. The fourth-order valence-electron chi connectivity index (χ4n) is 1.27. The number of nitrogens with one attached hydrogen (secondary N) is 2. The van der Waals surface area contributed by atoms with Gasteiger partial charge >= 0.3 is 0 Å². The smallest absolute Gasteiger partial charge is 0.0666 e. The summed E-state index contributed by atoms with van der Waals surface area (Å²) in [5.41, 5.74) is 5.03. The van der Waals surface area contributed by atoms with Crippen molar-refractivity contribution in [2.75, 3.05) is 0 Å². The molecule has 2 aromatic heterocycles. The fraction of sp³-hybridized carbons (Fsp3) is 0.250. The summed E-state index contributed by atoms with van der Waals surface area (Å²) in [6.45, 7) is 4.18. The highest BCUT2D eigenvalue weighted by Crippen LogP contribution is 2.18. The summed E-state index contributed by atoms with van der Waals surface area (Å²) in [5, 5.41) is 0. The molecule has 0 atom stereocenters. The Morgan fingerprint density at radius 2 is 1.30 bits per heavy atom. The maximum absolute atomic E-state index is 3.20. The molecule has 0 aromatic carbocycles. The zero-order valence-electron chi connectivity index (χ0n) is 6.15. The first-order chi connectivity index (χ1) is 4.79. The first kappa shape index (κ1) is 5.59. The number of aromatic amines is 2. The second-order valence-electron chi connectivity index (χ2n) is 2.69. The lowest BCUT2D eigenvalue weighted by Crippen LogP contribution is -1.62. The van der Waals surface area contributed by atoms with Crippen LogP contribution in [-0.2, 0) is 0 Å². The second kappa shape index (κ2) is 1.66. The lowest BCUT2D eigenvalue weighted by atomic mass is 10.3. The van der Waals surface area contributed by atoms with Crippen molar-refractivity contribution in [2.24, 2.45) is 0 Å². The van der Waals surface area contributed by atoms with Crippen molar-refractivity contribution >= 4 is 11.0 Å². The number of H-pyrrole nitrogens is 2. The van der Waals surface area contributed by atoms with Gasteiger partial charge in [-0.25, -0.2) is 0 Å². The molecule has 0 radical (unpaired) electrons. The van der Waals surface area contributed by atoms with Gasteiger partial charge in [0, 0.05) is 12.4 Å². The van der Waals surface area contributed by atoms with Crippen LogP contribution in [0.25, 0.3) is 11.0 Å². The molecule has 0 aliphatic heterocycles. The third-order valence-corrected chi connectivity index (χ3v) is 1.90. The van der Waals surface area contributed by atoms with Crippen LogP contribution in [0.5, 0.6) is 0 Å². The molecule has 0 saturated heterocycles. The average Bonchev–Trinajstić information content (AvgIpc) is 2.41. The van der Waals surface area contributed by atoms with Crippen LogP contribution in [0.2, 0.25) is 0 Å². The van der Waals surface area contributed by atoms with Crippen molar-refractivity contribution in [3.63, 3.8) is 0 Å². The molecule has 2 N–H and O–H groups in total. The van der Waals surface area contributed by atoms with Crippen molar-refractivity contribution in [1.29, 1.82) is 0 Å². The monoisotopic (exact) mass is 134 g/mol. The molecule has 0 saturated carbocycles. The number of hydrogen-bond donors (Lipinski definition) is 2. The van der Waals surface area contributed by atoms with E-state index in [-0.39, 0.29) is 0 Å². The van der Waals surface area contributed by atoms with E-state index in [1.807, 2.05) is 12.4 Å². The minimum atomic E-state index is 1.23. The van der Waals surface area contributed by atoms with E-state index in [0.717, 1.165) is 0 Å². The summed E-state index contributed by atoms with van der Waals surface area (Å²) in [4.78, 5) is 6.41. The van der Waals surface area contributed by atoms with Gasteiger partial charge in [0.05, 0.1) is 11.0 Å². The molecule has 2 heteroatoms. The predicted molar refractivity (Wildman–Crippen MR) is 42.1 cm³/mol. The molecular formula is C8H10N2. The molecule has 0 spiro atoms. The van der Waals surface area contributed by atoms with Crippen LogP contribution >= 0.6 is 0 Å². The Kier molecular flexibility index (Phi) is 0.926. The molecule has 2 nitrogen and oxygen atoms in total. The Balaban J connectivity index is 2.95. The molecule has 2 heterocycles. The Bertz CT molecular complexity index is 318. The molecule has 0 fully saturated rings. The normalized spacial score (nSPS) is 11.0. The van der Waals surface area contributed by atoms with E-state index in [1.54, 1.807) is 0 Å². The van der Waals surface area contributed by atoms with Gasteiger partial charge in [0.1, 0.15) is 0 Å². The van der Waals surface area contributed by atoms with Gasteiger partial charge < -0.3 is 9.97 Å². The van der Waals surface area contributed by atoms with E-state index in [1.165, 1.54) is 22.2 Å².